The van der Waals surface area contributed by atoms with E-state index >= 15 is 0 Å². The van der Waals surface area contributed by atoms with Crippen molar-refractivity contribution >= 4 is 45.0 Å². The van der Waals surface area contributed by atoms with Gasteiger partial charge in [-0.05, 0) is 50.3 Å². The summed E-state index contributed by atoms with van der Waals surface area (Å²) in [6.45, 7) is 5.61. The van der Waals surface area contributed by atoms with Crippen molar-refractivity contribution < 1.29 is 4.79 Å². The molecule has 7 nitrogen and oxygen atoms in total. The van der Waals surface area contributed by atoms with Crippen molar-refractivity contribution in [3.63, 3.8) is 0 Å². The molecule has 0 unspecified atom stereocenters. The molecule has 0 aliphatic heterocycles. The molecule has 9 heteroatoms. The van der Waals surface area contributed by atoms with Crippen LogP contribution in [0.25, 0.3) is 16.0 Å². The molecule has 0 fully saturated rings. The van der Waals surface area contributed by atoms with Gasteiger partial charge in [0.1, 0.15) is 11.2 Å². The Kier molecular flexibility index (Phi) is 6.03. The number of hydrogen-bond donors (Lipinski definition) is 1. The molecule has 0 saturated heterocycles. The van der Waals surface area contributed by atoms with Crippen molar-refractivity contribution in [3.05, 3.63) is 80.0 Å². The molecule has 32 heavy (non-hydrogen) atoms. The number of nitrogens with zero attached hydrogens (tertiary/aromatic N) is 3. The number of fused-ring (bicyclic) bond motifs is 1. The molecular formula is C23H22N4O3S2. The Hall–Kier alpha value is -3.17. The zero-order chi connectivity index (χ0) is 23.0. The lowest BCUT2D eigenvalue weighted by Gasteiger charge is -2.14. The third-order valence-corrected chi connectivity index (χ3v) is 7.11. The van der Waals surface area contributed by atoms with Gasteiger partial charge in [0.2, 0.25) is 5.91 Å². The Morgan fingerprint density at radius 1 is 1.09 bits per heavy atom. The van der Waals surface area contributed by atoms with Crippen molar-refractivity contribution in [1.29, 1.82) is 0 Å². The number of aryl methyl sites for hydroxylation is 3. The maximum absolute atomic E-state index is 13.4. The minimum absolute atomic E-state index is 0.231. The quantitative estimate of drug-likeness (QED) is 0.451. The van der Waals surface area contributed by atoms with Gasteiger partial charge >= 0.3 is 5.69 Å². The highest BCUT2D eigenvalue weighted by molar-refractivity contribution is 8.00. The number of rotatable bonds is 5. The van der Waals surface area contributed by atoms with E-state index in [9.17, 15) is 14.4 Å². The highest BCUT2D eigenvalue weighted by Crippen LogP contribution is 2.26. The van der Waals surface area contributed by atoms with Crippen molar-refractivity contribution in [2.45, 2.75) is 31.7 Å². The van der Waals surface area contributed by atoms with Gasteiger partial charge in [-0.1, -0.05) is 47.7 Å². The zero-order valence-corrected chi connectivity index (χ0v) is 19.8. The number of amides is 1. The Balaban J connectivity index is 1.83. The van der Waals surface area contributed by atoms with E-state index in [0.717, 1.165) is 26.9 Å². The first-order valence-electron chi connectivity index (χ1n) is 9.93. The van der Waals surface area contributed by atoms with E-state index in [1.807, 2.05) is 45.2 Å². The van der Waals surface area contributed by atoms with Gasteiger partial charge in [0.05, 0.1) is 5.69 Å². The molecule has 0 saturated carbocycles. The van der Waals surface area contributed by atoms with Gasteiger partial charge in [-0.3, -0.25) is 14.2 Å². The van der Waals surface area contributed by atoms with E-state index in [4.69, 9.17) is 0 Å². The Morgan fingerprint density at radius 2 is 1.75 bits per heavy atom. The van der Waals surface area contributed by atoms with Crippen LogP contribution in [-0.2, 0) is 11.3 Å². The van der Waals surface area contributed by atoms with Gasteiger partial charge in [-0.25, -0.2) is 14.3 Å². The number of carbonyl (C=O) groups excluding carboxylic acids is 1. The fraction of sp³-hybridized carbons (Fsp3) is 0.217. The predicted molar refractivity (Wildman–Crippen MR) is 131 cm³/mol. The molecule has 2 aromatic carbocycles. The summed E-state index contributed by atoms with van der Waals surface area (Å²) < 4.78 is 3.36. The normalized spacial score (nSPS) is 11.1. The minimum Gasteiger partial charge on any atom is -0.324 e. The monoisotopic (exact) mass is 466 g/mol. The first-order valence-corrected chi connectivity index (χ1v) is 12.0. The molecule has 1 N–H and O–H groups in total. The van der Waals surface area contributed by atoms with Crippen LogP contribution in [0.5, 0.6) is 0 Å². The number of benzene rings is 2. The van der Waals surface area contributed by atoms with Gasteiger partial charge in [0, 0.05) is 5.69 Å². The molecule has 0 bridgehead atoms. The molecule has 0 spiro atoms. The lowest BCUT2D eigenvalue weighted by molar-refractivity contribution is -0.116. The Morgan fingerprint density at radius 3 is 2.38 bits per heavy atom. The molecule has 164 valence electrons. The zero-order valence-electron chi connectivity index (χ0n) is 18.1. The number of para-hydroxylation sites is 1. The van der Waals surface area contributed by atoms with E-state index in [1.165, 1.54) is 27.7 Å². The second-order valence-electron chi connectivity index (χ2n) is 7.50. The smallest absolute Gasteiger partial charge is 0.324 e. The summed E-state index contributed by atoms with van der Waals surface area (Å²) in [6.07, 6.45) is 1.85. The molecule has 0 aliphatic carbocycles. The molecule has 4 rings (SSSR count). The van der Waals surface area contributed by atoms with Crippen LogP contribution in [0.1, 0.15) is 16.7 Å². The first-order chi connectivity index (χ1) is 15.3. The number of thioether (sulfide) groups is 1. The standard InChI is InChI=1S/C23H22N4O3S2/c1-13-10-14(2)18(15(3)11-13)24-17(28)12-26-20-19(32-22(25-20)31-4)21(29)27(23(26)30)16-8-6-5-7-9-16/h5-11H,12H2,1-4H3,(H,24,28). The average molecular weight is 467 g/mol. The van der Waals surface area contributed by atoms with Gasteiger partial charge in [0.25, 0.3) is 5.56 Å². The second-order valence-corrected chi connectivity index (χ2v) is 9.56. The molecule has 0 aliphatic rings. The minimum atomic E-state index is -0.598. The van der Waals surface area contributed by atoms with E-state index in [-0.39, 0.29) is 18.1 Å². The summed E-state index contributed by atoms with van der Waals surface area (Å²) in [4.78, 5) is 43.9. The highest BCUT2D eigenvalue weighted by Gasteiger charge is 2.21. The van der Waals surface area contributed by atoms with Crippen LogP contribution in [0.2, 0.25) is 0 Å². The molecule has 0 radical (unpaired) electrons. The number of anilines is 1. The van der Waals surface area contributed by atoms with Gasteiger partial charge in [0.15, 0.2) is 9.99 Å². The Labute approximate surface area is 192 Å². The highest BCUT2D eigenvalue weighted by atomic mass is 32.2. The van der Waals surface area contributed by atoms with Crippen LogP contribution in [0.4, 0.5) is 5.69 Å². The van der Waals surface area contributed by atoms with Crippen molar-refractivity contribution in [3.8, 4) is 5.69 Å². The van der Waals surface area contributed by atoms with Crippen LogP contribution in [0.15, 0.2) is 56.4 Å². The fourth-order valence-corrected chi connectivity index (χ4v) is 5.24. The molecule has 4 aromatic rings. The molecule has 1 amide bonds. The maximum atomic E-state index is 13.4. The topological polar surface area (TPSA) is 86.0 Å². The van der Waals surface area contributed by atoms with Gasteiger partial charge < -0.3 is 5.32 Å². The van der Waals surface area contributed by atoms with Gasteiger partial charge in [-0.2, -0.15) is 0 Å². The molecule has 2 aromatic heterocycles. The van der Waals surface area contributed by atoms with E-state index in [1.54, 1.807) is 24.3 Å². The number of nitrogens with one attached hydrogen (secondary N) is 1. The molecule has 0 atom stereocenters. The second kappa shape index (κ2) is 8.76. The summed E-state index contributed by atoms with van der Waals surface area (Å²) in [7, 11) is 0. The summed E-state index contributed by atoms with van der Waals surface area (Å²) in [6, 6.07) is 12.7. The Bertz CT molecular complexity index is 1430. The lowest BCUT2D eigenvalue weighted by atomic mass is 10.1. The van der Waals surface area contributed by atoms with Crippen molar-refractivity contribution in [2.75, 3.05) is 11.6 Å². The predicted octanol–water partition coefficient (Wildman–Crippen LogP) is 3.89. The summed E-state index contributed by atoms with van der Waals surface area (Å²) in [5, 5.41) is 2.93. The van der Waals surface area contributed by atoms with Crippen LogP contribution < -0.4 is 16.6 Å². The van der Waals surface area contributed by atoms with Crippen molar-refractivity contribution in [2.24, 2.45) is 0 Å². The van der Waals surface area contributed by atoms with E-state index < -0.39 is 11.2 Å². The lowest BCUT2D eigenvalue weighted by Crippen LogP contribution is -2.40. The summed E-state index contributed by atoms with van der Waals surface area (Å²) >= 11 is 2.61. The van der Waals surface area contributed by atoms with Gasteiger partial charge in [-0.15, -0.1) is 11.3 Å². The fourth-order valence-electron chi connectivity index (χ4n) is 3.75. The third kappa shape index (κ3) is 4.01. The summed E-state index contributed by atoms with van der Waals surface area (Å²) in [5.41, 5.74) is 3.37. The SMILES string of the molecule is CSc1nc2c(s1)c(=O)n(-c1ccccc1)c(=O)n2CC(=O)Nc1c(C)cc(C)cc1C. The largest absolute Gasteiger partial charge is 0.337 e. The van der Waals surface area contributed by atoms with E-state index in [2.05, 4.69) is 10.3 Å². The van der Waals surface area contributed by atoms with E-state index in [0.29, 0.717) is 14.7 Å². The number of aromatic nitrogens is 3. The van der Waals surface area contributed by atoms with Crippen LogP contribution in [-0.4, -0.2) is 26.3 Å². The number of carbonyl (C=O) groups is 1. The number of thiazole rings is 1. The average Bonchev–Trinajstić information content (AvgIpc) is 3.19. The van der Waals surface area contributed by atoms with Crippen molar-refractivity contribution in [1.82, 2.24) is 14.1 Å². The van der Waals surface area contributed by atoms with Crippen LogP contribution >= 0.6 is 23.1 Å². The van der Waals surface area contributed by atoms with Crippen LogP contribution in [0, 0.1) is 20.8 Å². The maximum Gasteiger partial charge on any atom is 0.337 e. The molecule has 2 heterocycles. The third-order valence-electron chi connectivity index (χ3n) is 5.10. The number of hydrogen-bond acceptors (Lipinski definition) is 6. The van der Waals surface area contributed by atoms with Crippen LogP contribution in [0.3, 0.4) is 0 Å². The first kappa shape index (κ1) is 22.0. The molecular weight excluding hydrogens is 444 g/mol. The summed E-state index contributed by atoms with van der Waals surface area (Å²) in [5.74, 6) is -0.361.